The molecule has 0 aromatic carbocycles. The molecule has 2 aliphatic carbocycles. The lowest BCUT2D eigenvalue weighted by Gasteiger charge is -2.24. The van der Waals surface area contributed by atoms with Crippen molar-refractivity contribution in [3.63, 3.8) is 0 Å². The molecule has 5 unspecified atom stereocenters. The normalized spacial score (nSPS) is 38.0. The number of rotatable bonds is 5. The van der Waals surface area contributed by atoms with E-state index in [0.29, 0.717) is 12.8 Å². The van der Waals surface area contributed by atoms with Crippen molar-refractivity contribution < 1.29 is 43.9 Å². The molecule has 0 radical (unpaired) electrons. The molecule has 1 aliphatic heterocycles. The first-order valence-electron chi connectivity index (χ1n) is 6.85. The molecule has 5 atom stereocenters. The van der Waals surface area contributed by atoms with Crippen LogP contribution in [0.25, 0.3) is 0 Å². The molecule has 1 N–H and O–H groups in total. The number of alkyl halides is 2. The molecule has 0 spiro atoms. The number of esters is 1. The lowest BCUT2D eigenvalue weighted by atomic mass is 9.84. The van der Waals surface area contributed by atoms with E-state index in [0.717, 1.165) is 0 Å². The maximum Gasteiger partial charge on any atom is 0.402 e. The number of halogens is 2. The van der Waals surface area contributed by atoms with Gasteiger partial charge in [0, 0.05) is 11.8 Å². The van der Waals surface area contributed by atoms with E-state index >= 15 is 0 Å². The van der Waals surface area contributed by atoms with Crippen molar-refractivity contribution in [2.75, 3.05) is 6.61 Å². The van der Waals surface area contributed by atoms with Crippen LogP contribution in [0.4, 0.5) is 8.78 Å². The Morgan fingerprint density at radius 2 is 2.00 bits per heavy atom. The van der Waals surface area contributed by atoms with Crippen LogP contribution in [-0.2, 0) is 34.0 Å². The van der Waals surface area contributed by atoms with Crippen molar-refractivity contribution in [2.45, 2.75) is 35.9 Å². The molecule has 1 saturated heterocycles. The van der Waals surface area contributed by atoms with E-state index in [1.807, 2.05) is 0 Å². The molecule has 0 aromatic heterocycles. The Morgan fingerprint density at radius 3 is 2.61 bits per heavy atom. The summed E-state index contributed by atoms with van der Waals surface area (Å²) in [6.45, 7) is -1.79. The lowest BCUT2D eigenvalue weighted by molar-refractivity contribution is -0.152. The molecule has 3 rings (SSSR count). The van der Waals surface area contributed by atoms with E-state index in [1.165, 1.54) is 0 Å². The summed E-state index contributed by atoms with van der Waals surface area (Å²) in [6, 6.07) is 0. The van der Waals surface area contributed by atoms with Gasteiger partial charge in [-0.2, -0.15) is 25.6 Å². The van der Waals surface area contributed by atoms with Gasteiger partial charge in [0.05, 0.1) is 17.8 Å². The van der Waals surface area contributed by atoms with E-state index in [1.54, 1.807) is 0 Å². The minimum absolute atomic E-state index is 0.0677. The van der Waals surface area contributed by atoms with E-state index in [4.69, 9.17) is 8.74 Å². The fourth-order valence-corrected chi connectivity index (χ4v) is 5.95. The lowest BCUT2D eigenvalue weighted by Crippen LogP contribution is -2.36. The third-order valence-corrected chi connectivity index (χ3v) is 7.48. The molecule has 2 bridgehead atoms. The third-order valence-electron chi connectivity index (χ3n) is 4.83. The maximum absolute atomic E-state index is 13.0. The van der Waals surface area contributed by atoms with Gasteiger partial charge in [-0.3, -0.25) is 13.5 Å². The van der Waals surface area contributed by atoms with Crippen molar-refractivity contribution in [3.8, 4) is 0 Å². The standard InChI is InChI=1S/C11H14F2O8S2/c12-11(13,23(17,18)19)4-20-9(14)3-6-5-1-7-8(2-5)22(15,16)21-10(6)7/h5-8,10H,1-4H2,(H,17,18,19). The highest BCUT2D eigenvalue weighted by molar-refractivity contribution is 7.87. The van der Waals surface area contributed by atoms with E-state index in [9.17, 15) is 30.4 Å². The van der Waals surface area contributed by atoms with Gasteiger partial charge in [0.2, 0.25) is 0 Å². The Labute approximate surface area is 131 Å². The number of carbonyl (C=O) groups is 1. The minimum atomic E-state index is -5.67. The fraction of sp³-hybridized carbons (Fsp3) is 0.909. The molecule has 23 heavy (non-hydrogen) atoms. The van der Waals surface area contributed by atoms with Crippen LogP contribution in [0.1, 0.15) is 19.3 Å². The molecule has 8 nitrogen and oxygen atoms in total. The van der Waals surface area contributed by atoms with Gasteiger partial charge in [-0.15, -0.1) is 0 Å². The molecular weight excluding hydrogens is 362 g/mol. The zero-order valence-electron chi connectivity index (χ0n) is 11.6. The summed E-state index contributed by atoms with van der Waals surface area (Å²) in [4.78, 5) is 11.6. The molecule has 2 saturated carbocycles. The first-order valence-corrected chi connectivity index (χ1v) is 9.76. The van der Waals surface area contributed by atoms with Crippen LogP contribution in [0, 0.1) is 17.8 Å². The molecule has 3 aliphatic rings. The van der Waals surface area contributed by atoms with Crippen LogP contribution in [-0.4, -0.2) is 50.6 Å². The number of ether oxygens (including phenoxy) is 1. The minimum Gasteiger partial charge on any atom is -0.458 e. The number of hydrogen-bond donors (Lipinski definition) is 1. The van der Waals surface area contributed by atoms with E-state index in [2.05, 4.69) is 4.74 Å². The van der Waals surface area contributed by atoms with Crippen molar-refractivity contribution in [3.05, 3.63) is 0 Å². The third kappa shape index (κ3) is 2.75. The smallest absolute Gasteiger partial charge is 0.402 e. The maximum atomic E-state index is 13.0. The highest BCUT2D eigenvalue weighted by Crippen LogP contribution is 2.58. The number of fused-ring (bicyclic) bond motifs is 1. The van der Waals surface area contributed by atoms with E-state index in [-0.39, 0.29) is 18.3 Å². The fourth-order valence-electron chi connectivity index (χ4n) is 3.83. The Kier molecular flexibility index (Phi) is 3.75. The summed E-state index contributed by atoms with van der Waals surface area (Å²) in [6.07, 6.45) is -0.0373. The number of hydrogen-bond acceptors (Lipinski definition) is 7. The quantitative estimate of drug-likeness (QED) is 0.409. The second-order valence-corrected chi connectivity index (χ2v) is 9.46. The predicted molar refractivity (Wildman–Crippen MR) is 69.4 cm³/mol. The average Bonchev–Trinajstić information content (AvgIpc) is 2.99. The molecule has 0 amide bonds. The Hall–Kier alpha value is -0.850. The van der Waals surface area contributed by atoms with Gasteiger partial charge in [-0.25, -0.2) is 0 Å². The summed E-state index contributed by atoms with van der Waals surface area (Å²) >= 11 is 0. The van der Waals surface area contributed by atoms with Crippen molar-refractivity contribution >= 4 is 26.2 Å². The summed E-state index contributed by atoms with van der Waals surface area (Å²) in [5.41, 5.74) is 0. The van der Waals surface area contributed by atoms with Gasteiger partial charge < -0.3 is 4.74 Å². The second kappa shape index (κ2) is 5.07. The average molecular weight is 376 g/mol. The SMILES string of the molecule is O=C(CC1C2CC3C1OS(=O)(=O)C3C2)OCC(F)(F)S(=O)(=O)O. The molecule has 3 fully saturated rings. The Balaban J connectivity index is 1.60. The Bertz CT molecular complexity index is 731. The van der Waals surface area contributed by atoms with Gasteiger partial charge in [0.15, 0.2) is 6.61 Å². The zero-order chi connectivity index (χ0) is 17.2. The summed E-state index contributed by atoms with van der Waals surface area (Å²) in [5, 5.41) is -5.15. The highest BCUT2D eigenvalue weighted by atomic mass is 32.2. The highest BCUT2D eigenvalue weighted by Gasteiger charge is 2.64. The van der Waals surface area contributed by atoms with Crippen LogP contribution in [0.15, 0.2) is 0 Å². The van der Waals surface area contributed by atoms with Crippen LogP contribution < -0.4 is 0 Å². The largest absolute Gasteiger partial charge is 0.458 e. The van der Waals surface area contributed by atoms with Crippen LogP contribution >= 0.6 is 0 Å². The van der Waals surface area contributed by atoms with Gasteiger partial charge in [0.25, 0.3) is 10.1 Å². The summed E-state index contributed by atoms with van der Waals surface area (Å²) in [7, 11) is -9.31. The molecule has 0 aromatic rings. The van der Waals surface area contributed by atoms with Gasteiger partial charge in [0.1, 0.15) is 0 Å². The summed E-state index contributed by atoms with van der Waals surface area (Å²) in [5.74, 6) is -1.81. The molecule has 132 valence electrons. The molecule has 12 heteroatoms. The van der Waals surface area contributed by atoms with Crippen LogP contribution in [0.5, 0.6) is 0 Å². The van der Waals surface area contributed by atoms with Gasteiger partial charge in [-0.05, 0) is 18.8 Å². The zero-order valence-corrected chi connectivity index (χ0v) is 13.2. The van der Waals surface area contributed by atoms with Gasteiger partial charge >= 0.3 is 21.3 Å². The number of carbonyl (C=O) groups excluding carboxylic acids is 1. The van der Waals surface area contributed by atoms with E-state index < -0.39 is 55.3 Å². The van der Waals surface area contributed by atoms with Crippen LogP contribution in [0.3, 0.4) is 0 Å². The summed E-state index contributed by atoms with van der Waals surface area (Å²) < 4.78 is 87.9. The molecule has 1 heterocycles. The monoisotopic (exact) mass is 376 g/mol. The van der Waals surface area contributed by atoms with Crippen molar-refractivity contribution in [2.24, 2.45) is 17.8 Å². The predicted octanol–water partition coefficient (Wildman–Crippen LogP) is 0.154. The Morgan fingerprint density at radius 1 is 1.35 bits per heavy atom. The first-order chi connectivity index (χ1) is 10.4. The van der Waals surface area contributed by atoms with Crippen molar-refractivity contribution in [1.29, 1.82) is 0 Å². The first kappa shape index (κ1) is 17.0. The van der Waals surface area contributed by atoms with Crippen molar-refractivity contribution in [1.82, 2.24) is 0 Å². The molecular formula is C11H14F2O8S2. The topological polar surface area (TPSA) is 124 Å². The van der Waals surface area contributed by atoms with Crippen LogP contribution in [0.2, 0.25) is 0 Å². The second-order valence-electron chi connectivity index (χ2n) is 6.13. The van der Waals surface area contributed by atoms with Gasteiger partial charge in [-0.1, -0.05) is 0 Å².